The van der Waals surface area contributed by atoms with Crippen LogP contribution in [0.3, 0.4) is 0 Å². The largest absolute Gasteiger partial charge is 0.305 e. The molecule has 0 amide bonds. The van der Waals surface area contributed by atoms with Crippen LogP contribution in [0.15, 0.2) is 48.7 Å². The number of benzene rings is 1. The molecule has 1 aromatic heterocycles. The molecule has 1 fully saturated rings. The molecular weight excluding hydrogens is 294 g/mol. The third-order valence-corrected chi connectivity index (χ3v) is 4.87. The molecule has 1 aliphatic rings. The quantitative estimate of drug-likeness (QED) is 0.810. The second kappa shape index (κ2) is 8.41. The maximum atomic E-state index is 4.44. The van der Waals surface area contributed by atoms with E-state index in [2.05, 4.69) is 65.3 Å². The summed E-state index contributed by atoms with van der Waals surface area (Å²) < 4.78 is 0. The highest BCUT2D eigenvalue weighted by Gasteiger charge is 2.19. The van der Waals surface area contributed by atoms with Crippen molar-refractivity contribution in [2.24, 2.45) is 5.92 Å². The SMILES string of the molecule is CN(C)Cc1ccc(CC2CCN(Cc3ccccn3)CC2)cc1. The van der Waals surface area contributed by atoms with Gasteiger partial charge in [-0.15, -0.1) is 0 Å². The maximum absolute atomic E-state index is 4.44. The first-order valence-electron chi connectivity index (χ1n) is 9.04. The summed E-state index contributed by atoms with van der Waals surface area (Å²) in [4.78, 5) is 9.20. The van der Waals surface area contributed by atoms with Crippen LogP contribution < -0.4 is 0 Å². The number of pyridine rings is 1. The molecule has 0 aliphatic carbocycles. The second-order valence-corrected chi connectivity index (χ2v) is 7.30. The fourth-order valence-electron chi connectivity index (χ4n) is 3.55. The van der Waals surface area contributed by atoms with Gasteiger partial charge in [0.2, 0.25) is 0 Å². The van der Waals surface area contributed by atoms with Crippen LogP contribution in [-0.4, -0.2) is 42.0 Å². The minimum absolute atomic E-state index is 0.824. The Balaban J connectivity index is 1.45. The van der Waals surface area contributed by atoms with Crippen molar-refractivity contribution in [3.05, 3.63) is 65.5 Å². The Bertz CT molecular complexity index is 599. The first kappa shape index (κ1) is 17.1. The van der Waals surface area contributed by atoms with Crippen LogP contribution >= 0.6 is 0 Å². The predicted molar refractivity (Wildman–Crippen MR) is 99.8 cm³/mol. The number of aromatic nitrogens is 1. The highest BCUT2D eigenvalue weighted by molar-refractivity contribution is 5.23. The first-order chi connectivity index (χ1) is 11.7. The Morgan fingerprint density at radius 2 is 1.71 bits per heavy atom. The molecule has 0 N–H and O–H groups in total. The molecule has 0 radical (unpaired) electrons. The molecule has 24 heavy (non-hydrogen) atoms. The summed E-state index contributed by atoms with van der Waals surface area (Å²) >= 11 is 0. The Hall–Kier alpha value is -1.71. The highest BCUT2D eigenvalue weighted by atomic mass is 15.1. The summed E-state index contributed by atoms with van der Waals surface area (Å²) in [5.41, 5.74) is 4.07. The van der Waals surface area contributed by atoms with E-state index in [1.807, 2.05) is 12.3 Å². The van der Waals surface area contributed by atoms with Crippen molar-refractivity contribution in [2.75, 3.05) is 27.2 Å². The lowest BCUT2D eigenvalue weighted by atomic mass is 9.90. The van der Waals surface area contributed by atoms with E-state index < -0.39 is 0 Å². The second-order valence-electron chi connectivity index (χ2n) is 7.30. The Kier molecular flexibility index (Phi) is 6.00. The fourth-order valence-corrected chi connectivity index (χ4v) is 3.55. The number of hydrogen-bond acceptors (Lipinski definition) is 3. The van der Waals surface area contributed by atoms with Crippen LogP contribution in [0.2, 0.25) is 0 Å². The monoisotopic (exact) mass is 323 g/mol. The molecule has 1 aromatic carbocycles. The predicted octanol–water partition coefficient (Wildman–Crippen LogP) is 3.60. The lowest BCUT2D eigenvalue weighted by Crippen LogP contribution is -2.34. The van der Waals surface area contributed by atoms with Gasteiger partial charge >= 0.3 is 0 Å². The normalized spacial score (nSPS) is 16.6. The van der Waals surface area contributed by atoms with Crippen molar-refractivity contribution in [3.8, 4) is 0 Å². The summed E-state index contributed by atoms with van der Waals surface area (Å²) in [6.45, 7) is 4.40. The van der Waals surface area contributed by atoms with Crippen molar-refractivity contribution in [2.45, 2.75) is 32.4 Å². The molecule has 0 bridgehead atoms. The number of likely N-dealkylation sites (tertiary alicyclic amines) is 1. The maximum Gasteiger partial charge on any atom is 0.0543 e. The van der Waals surface area contributed by atoms with Gasteiger partial charge in [-0.05, 0) is 75.6 Å². The Morgan fingerprint density at radius 1 is 1.00 bits per heavy atom. The van der Waals surface area contributed by atoms with Crippen molar-refractivity contribution in [3.63, 3.8) is 0 Å². The molecular formula is C21H29N3. The van der Waals surface area contributed by atoms with Gasteiger partial charge in [0, 0.05) is 19.3 Å². The van der Waals surface area contributed by atoms with E-state index in [-0.39, 0.29) is 0 Å². The van der Waals surface area contributed by atoms with Crippen molar-refractivity contribution in [1.29, 1.82) is 0 Å². The molecule has 1 aliphatic heterocycles. The molecule has 1 saturated heterocycles. The van der Waals surface area contributed by atoms with E-state index in [4.69, 9.17) is 0 Å². The Morgan fingerprint density at radius 3 is 2.33 bits per heavy atom. The molecule has 0 spiro atoms. The van der Waals surface area contributed by atoms with E-state index in [0.29, 0.717) is 0 Å². The summed E-state index contributed by atoms with van der Waals surface area (Å²) in [5, 5.41) is 0. The molecule has 0 saturated carbocycles. The van der Waals surface area contributed by atoms with Crippen LogP contribution in [0.4, 0.5) is 0 Å². The van der Waals surface area contributed by atoms with Gasteiger partial charge in [0.05, 0.1) is 5.69 Å². The molecule has 2 aromatic rings. The molecule has 2 heterocycles. The summed E-state index contributed by atoms with van der Waals surface area (Å²) in [5.74, 6) is 0.824. The zero-order valence-electron chi connectivity index (χ0n) is 15.0. The lowest BCUT2D eigenvalue weighted by Gasteiger charge is -2.31. The van der Waals surface area contributed by atoms with Gasteiger partial charge in [0.15, 0.2) is 0 Å². The van der Waals surface area contributed by atoms with Gasteiger partial charge in [0.25, 0.3) is 0 Å². The van der Waals surface area contributed by atoms with E-state index in [1.165, 1.54) is 49.2 Å². The molecule has 3 heteroatoms. The Labute approximate surface area is 146 Å². The molecule has 128 valence electrons. The van der Waals surface area contributed by atoms with Gasteiger partial charge in [-0.2, -0.15) is 0 Å². The van der Waals surface area contributed by atoms with E-state index in [0.717, 1.165) is 19.0 Å². The molecule has 0 unspecified atom stereocenters. The van der Waals surface area contributed by atoms with Crippen molar-refractivity contribution < 1.29 is 0 Å². The number of rotatable bonds is 6. The molecule has 0 atom stereocenters. The lowest BCUT2D eigenvalue weighted by molar-refractivity contribution is 0.175. The standard InChI is InChI=1S/C21H29N3/c1-23(2)16-20-8-6-18(7-9-20)15-19-10-13-24(14-11-19)17-21-5-3-4-12-22-21/h3-9,12,19H,10-11,13-17H2,1-2H3. The third kappa shape index (κ3) is 5.15. The average molecular weight is 323 g/mol. The van der Waals surface area contributed by atoms with Crippen LogP contribution in [0.5, 0.6) is 0 Å². The van der Waals surface area contributed by atoms with E-state index in [1.54, 1.807) is 0 Å². The number of nitrogens with zero attached hydrogens (tertiary/aromatic N) is 3. The zero-order valence-corrected chi connectivity index (χ0v) is 15.0. The summed E-state index contributed by atoms with van der Waals surface area (Å²) in [7, 11) is 4.24. The average Bonchev–Trinajstić information content (AvgIpc) is 2.59. The number of piperidine rings is 1. The van der Waals surface area contributed by atoms with Crippen LogP contribution in [0.25, 0.3) is 0 Å². The van der Waals surface area contributed by atoms with Crippen molar-refractivity contribution in [1.82, 2.24) is 14.8 Å². The van der Waals surface area contributed by atoms with Gasteiger partial charge in [0.1, 0.15) is 0 Å². The fraction of sp³-hybridized carbons (Fsp3) is 0.476. The zero-order chi connectivity index (χ0) is 16.8. The van der Waals surface area contributed by atoms with Gasteiger partial charge in [-0.1, -0.05) is 30.3 Å². The van der Waals surface area contributed by atoms with Crippen molar-refractivity contribution >= 4 is 0 Å². The topological polar surface area (TPSA) is 19.4 Å². The van der Waals surface area contributed by atoms with Crippen LogP contribution in [-0.2, 0) is 19.5 Å². The highest BCUT2D eigenvalue weighted by Crippen LogP contribution is 2.23. The summed E-state index contributed by atoms with van der Waals surface area (Å²) in [6.07, 6.45) is 5.71. The first-order valence-corrected chi connectivity index (χ1v) is 9.04. The minimum Gasteiger partial charge on any atom is -0.305 e. The van der Waals surface area contributed by atoms with Gasteiger partial charge < -0.3 is 4.90 Å². The van der Waals surface area contributed by atoms with Gasteiger partial charge in [-0.25, -0.2) is 0 Å². The van der Waals surface area contributed by atoms with Crippen LogP contribution in [0.1, 0.15) is 29.7 Å². The van der Waals surface area contributed by atoms with Gasteiger partial charge in [-0.3, -0.25) is 9.88 Å². The third-order valence-electron chi connectivity index (χ3n) is 4.87. The van der Waals surface area contributed by atoms with E-state index in [9.17, 15) is 0 Å². The van der Waals surface area contributed by atoms with E-state index >= 15 is 0 Å². The summed E-state index contributed by atoms with van der Waals surface area (Å²) in [6, 6.07) is 15.4. The molecule has 3 rings (SSSR count). The van der Waals surface area contributed by atoms with Crippen LogP contribution in [0, 0.1) is 5.92 Å². The minimum atomic E-state index is 0.824. The smallest absolute Gasteiger partial charge is 0.0543 e. The molecule has 3 nitrogen and oxygen atoms in total. The number of hydrogen-bond donors (Lipinski definition) is 0.